The normalized spacial score (nSPS) is 11.0. The lowest BCUT2D eigenvalue weighted by molar-refractivity contribution is 0.0730. The highest BCUT2D eigenvalue weighted by molar-refractivity contribution is 5.92. The van der Waals surface area contributed by atoms with Crippen LogP contribution in [-0.4, -0.2) is 18.5 Å². The zero-order valence-electron chi connectivity index (χ0n) is 19.0. The van der Waals surface area contributed by atoms with Crippen LogP contribution in [0.1, 0.15) is 53.5 Å². The summed E-state index contributed by atoms with van der Waals surface area (Å²) in [4.78, 5) is 24.7. The average Bonchev–Trinajstić information content (AvgIpc) is 2.84. The van der Waals surface area contributed by atoms with Gasteiger partial charge in [-0.2, -0.15) is 0 Å². The van der Waals surface area contributed by atoms with E-state index in [9.17, 15) is 9.59 Å². The summed E-state index contributed by atoms with van der Waals surface area (Å²) in [5.41, 5.74) is 1.58. The Balaban J connectivity index is 1.55. The van der Waals surface area contributed by atoms with E-state index in [2.05, 4.69) is 25.7 Å². The molecule has 0 amide bonds. The lowest BCUT2D eigenvalue weighted by atomic mass is 10.1. The SMILES string of the molecule is CC#Cc1ccc(C(=O)Oc2ccc(C(=O)Oc3ccc(OCC(C)CC)cc3)cc2)cc1. The minimum Gasteiger partial charge on any atom is -0.493 e. The van der Waals surface area contributed by atoms with E-state index in [1.165, 1.54) is 0 Å². The minimum absolute atomic E-state index is 0.330. The van der Waals surface area contributed by atoms with Crippen LogP contribution in [0.5, 0.6) is 17.2 Å². The Bertz CT molecular complexity index is 1130. The minimum atomic E-state index is -0.506. The largest absolute Gasteiger partial charge is 0.493 e. The molecule has 0 heterocycles. The molecule has 1 atom stereocenters. The standard InChI is InChI=1S/C28H26O5/c1-4-6-21-7-9-22(10-8-21)27(29)32-25-13-11-23(12-14-25)28(30)33-26-17-15-24(16-18-26)31-19-20(3)5-2/h7-18,20H,5,19H2,1-3H3. The molecule has 0 aliphatic carbocycles. The first-order chi connectivity index (χ1) is 16.0. The topological polar surface area (TPSA) is 61.8 Å². The van der Waals surface area contributed by atoms with Gasteiger partial charge in [0.15, 0.2) is 0 Å². The van der Waals surface area contributed by atoms with Crippen LogP contribution in [0.3, 0.4) is 0 Å². The summed E-state index contributed by atoms with van der Waals surface area (Å²) in [5.74, 6) is 6.69. The first kappa shape index (κ1) is 23.6. The van der Waals surface area contributed by atoms with E-state index in [0.717, 1.165) is 17.7 Å². The van der Waals surface area contributed by atoms with Crippen molar-refractivity contribution in [3.63, 3.8) is 0 Å². The van der Waals surface area contributed by atoms with Gasteiger partial charge in [0.1, 0.15) is 17.2 Å². The van der Waals surface area contributed by atoms with Crippen LogP contribution in [0.4, 0.5) is 0 Å². The lowest BCUT2D eigenvalue weighted by Crippen LogP contribution is -2.10. The molecule has 3 aromatic rings. The number of esters is 2. The third-order valence-electron chi connectivity index (χ3n) is 4.96. The van der Waals surface area contributed by atoms with E-state index in [4.69, 9.17) is 14.2 Å². The molecule has 1 unspecified atom stereocenters. The molecule has 0 radical (unpaired) electrons. The van der Waals surface area contributed by atoms with Gasteiger partial charge in [0.05, 0.1) is 17.7 Å². The monoisotopic (exact) mass is 442 g/mol. The van der Waals surface area contributed by atoms with E-state index in [1.54, 1.807) is 79.7 Å². The third-order valence-corrected chi connectivity index (χ3v) is 4.96. The van der Waals surface area contributed by atoms with Crippen molar-refractivity contribution in [2.24, 2.45) is 5.92 Å². The number of carbonyl (C=O) groups excluding carboxylic acids is 2. The van der Waals surface area contributed by atoms with Crippen molar-refractivity contribution in [1.82, 2.24) is 0 Å². The Morgan fingerprint density at radius 2 is 1.21 bits per heavy atom. The molecule has 3 aromatic carbocycles. The number of hydrogen-bond donors (Lipinski definition) is 0. The lowest BCUT2D eigenvalue weighted by Gasteiger charge is -2.11. The summed E-state index contributed by atoms with van der Waals surface area (Å²) in [6.07, 6.45) is 1.05. The Kier molecular flexibility index (Phi) is 8.26. The van der Waals surface area contributed by atoms with Crippen molar-refractivity contribution in [1.29, 1.82) is 0 Å². The summed E-state index contributed by atoms with van der Waals surface area (Å²) in [6.45, 7) is 6.64. The second-order valence-corrected chi connectivity index (χ2v) is 7.55. The van der Waals surface area contributed by atoms with Crippen LogP contribution in [0.15, 0.2) is 72.8 Å². The van der Waals surface area contributed by atoms with Gasteiger partial charge in [-0.1, -0.05) is 26.2 Å². The second-order valence-electron chi connectivity index (χ2n) is 7.55. The number of carbonyl (C=O) groups is 2. The zero-order valence-corrected chi connectivity index (χ0v) is 19.0. The van der Waals surface area contributed by atoms with Gasteiger partial charge in [-0.05, 0) is 85.6 Å². The summed E-state index contributed by atoms with van der Waals surface area (Å²) >= 11 is 0. The molecule has 0 bridgehead atoms. The van der Waals surface area contributed by atoms with Crippen LogP contribution in [-0.2, 0) is 0 Å². The van der Waals surface area contributed by atoms with Gasteiger partial charge in [-0.3, -0.25) is 0 Å². The van der Waals surface area contributed by atoms with Crippen molar-refractivity contribution in [3.8, 4) is 29.1 Å². The van der Waals surface area contributed by atoms with Crippen molar-refractivity contribution < 1.29 is 23.8 Å². The maximum Gasteiger partial charge on any atom is 0.343 e. The summed E-state index contributed by atoms with van der Waals surface area (Å²) in [6, 6.07) is 20.0. The molecule has 0 saturated carbocycles. The van der Waals surface area contributed by atoms with Crippen LogP contribution < -0.4 is 14.2 Å². The first-order valence-corrected chi connectivity index (χ1v) is 10.8. The molecule has 0 aliphatic rings. The van der Waals surface area contributed by atoms with Crippen molar-refractivity contribution in [2.75, 3.05) is 6.61 Å². The summed E-state index contributed by atoms with van der Waals surface area (Å²) < 4.78 is 16.5. The Morgan fingerprint density at radius 3 is 1.70 bits per heavy atom. The van der Waals surface area contributed by atoms with E-state index < -0.39 is 11.9 Å². The number of hydrogen-bond acceptors (Lipinski definition) is 5. The maximum absolute atomic E-state index is 12.4. The summed E-state index contributed by atoms with van der Waals surface area (Å²) in [7, 11) is 0. The highest BCUT2D eigenvalue weighted by Crippen LogP contribution is 2.21. The first-order valence-electron chi connectivity index (χ1n) is 10.8. The second kappa shape index (κ2) is 11.5. The van der Waals surface area contributed by atoms with Crippen molar-refractivity contribution >= 4 is 11.9 Å². The molecule has 0 aromatic heterocycles. The summed E-state index contributed by atoms with van der Waals surface area (Å²) in [5, 5.41) is 0. The van der Waals surface area contributed by atoms with Crippen LogP contribution in [0, 0.1) is 17.8 Å². The molecule has 0 saturated heterocycles. The number of ether oxygens (including phenoxy) is 3. The predicted octanol–water partition coefficient (Wildman–Crippen LogP) is 5.92. The molecule has 0 N–H and O–H groups in total. The van der Waals surface area contributed by atoms with E-state index >= 15 is 0 Å². The van der Waals surface area contributed by atoms with Crippen LogP contribution in [0.25, 0.3) is 0 Å². The molecule has 0 spiro atoms. The Hall–Kier alpha value is -4.04. The molecule has 3 rings (SSSR count). The van der Waals surface area contributed by atoms with E-state index in [-0.39, 0.29) is 0 Å². The zero-order chi connectivity index (χ0) is 23.6. The van der Waals surface area contributed by atoms with Gasteiger partial charge in [-0.25, -0.2) is 9.59 Å². The molecule has 33 heavy (non-hydrogen) atoms. The molecule has 0 fully saturated rings. The molecule has 0 aliphatic heterocycles. The Morgan fingerprint density at radius 1 is 0.758 bits per heavy atom. The number of benzene rings is 3. The van der Waals surface area contributed by atoms with Gasteiger partial charge in [0.25, 0.3) is 0 Å². The highest BCUT2D eigenvalue weighted by atomic mass is 16.5. The highest BCUT2D eigenvalue weighted by Gasteiger charge is 2.12. The molecule has 5 nitrogen and oxygen atoms in total. The maximum atomic E-state index is 12.4. The smallest absolute Gasteiger partial charge is 0.343 e. The number of rotatable bonds is 8. The van der Waals surface area contributed by atoms with E-state index in [0.29, 0.717) is 35.2 Å². The average molecular weight is 443 g/mol. The van der Waals surface area contributed by atoms with Gasteiger partial charge in [0, 0.05) is 5.56 Å². The fourth-order valence-electron chi connectivity index (χ4n) is 2.79. The molecule has 5 heteroatoms. The quantitative estimate of drug-likeness (QED) is 0.246. The van der Waals surface area contributed by atoms with Crippen LogP contribution in [0.2, 0.25) is 0 Å². The van der Waals surface area contributed by atoms with Crippen molar-refractivity contribution in [2.45, 2.75) is 27.2 Å². The fourth-order valence-corrected chi connectivity index (χ4v) is 2.79. The fraction of sp³-hybridized carbons (Fsp3) is 0.214. The molecule has 168 valence electrons. The predicted molar refractivity (Wildman–Crippen MR) is 127 cm³/mol. The third kappa shape index (κ3) is 6.98. The molecular weight excluding hydrogens is 416 g/mol. The van der Waals surface area contributed by atoms with E-state index in [1.807, 2.05) is 0 Å². The Labute approximate surface area is 194 Å². The van der Waals surface area contributed by atoms with Crippen molar-refractivity contribution in [3.05, 3.63) is 89.5 Å². The van der Waals surface area contributed by atoms with Crippen LogP contribution >= 0.6 is 0 Å². The van der Waals surface area contributed by atoms with Gasteiger partial charge < -0.3 is 14.2 Å². The van der Waals surface area contributed by atoms with Gasteiger partial charge >= 0.3 is 11.9 Å². The van der Waals surface area contributed by atoms with Gasteiger partial charge in [-0.15, -0.1) is 5.92 Å². The van der Waals surface area contributed by atoms with Gasteiger partial charge in [0.2, 0.25) is 0 Å². The molecular formula is C28H26O5.